The van der Waals surface area contributed by atoms with Crippen LogP contribution < -0.4 is 0 Å². The van der Waals surface area contributed by atoms with E-state index in [0.717, 1.165) is 25.1 Å². The maximum atomic E-state index is 9.95. The Morgan fingerprint density at radius 2 is 1.93 bits per heavy atom. The van der Waals surface area contributed by atoms with Crippen LogP contribution in [0.25, 0.3) is 0 Å². The van der Waals surface area contributed by atoms with Crippen LogP contribution >= 0.6 is 12.6 Å². The summed E-state index contributed by atoms with van der Waals surface area (Å²) in [5.41, 5.74) is 0.231. The van der Waals surface area contributed by atoms with Crippen LogP contribution in [0.2, 0.25) is 0 Å². The number of nitrogens with zero attached hydrogens (tertiary/aromatic N) is 1. The third-order valence-corrected chi connectivity index (χ3v) is 4.22. The van der Waals surface area contributed by atoms with Gasteiger partial charge in [0.2, 0.25) is 0 Å². The van der Waals surface area contributed by atoms with Crippen LogP contribution in [-0.2, 0) is 0 Å². The summed E-state index contributed by atoms with van der Waals surface area (Å²) in [6, 6.07) is 0.359. The maximum absolute atomic E-state index is 9.95. The molecule has 0 heterocycles. The Morgan fingerprint density at radius 1 is 1.33 bits per heavy atom. The molecule has 1 rings (SSSR count). The van der Waals surface area contributed by atoms with Crippen molar-refractivity contribution in [1.29, 1.82) is 0 Å². The highest BCUT2D eigenvalue weighted by molar-refractivity contribution is 7.80. The molecule has 2 unspecified atom stereocenters. The Hall–Kier alpha value is 0.270. The zero-order valence-electron chi connectivity index (χ0n) is 10.2. The molecule has 0 spiro atoms. The maximum Gasteiger partial charge on any atom is 0.0695 e. The van der Waals surface area contributed by atoms with Crippen molar-refractivity contribution in [1.82, 2.24) is 4.90 Å². The molecule has 1 aliphatic carbocycles. The number of aliphatic hydroxyl groups is 1. The predicted octanol–water partition coefficient (Wildman–Crippen LogP) is 2.18. The van der Waals surface area contributed by atoms with Gasteiger partial charge < -0.3 is 10.0 Å². The average molecular weight is 231 g/mol. The van der Waals surface area contributed by atoms with E-state index in [0.29, 0.717) is 6.04 Å². The van der Waals surface area contributed by atoms with E-state index < -0.39 is 0 Å². The van der Waals surface area contributed by atoms with E-state index in [4.69, 9.17) is 0 Å². The summed E-state index contributed by atoms with van der Waals surface area (Å²) in [5.74, 6) is 0.889. The smallest absolute Gasteiger partial charge is 0.0695 e. The summed E-state index contributed by atoms with van der Waals surface area (Å²) >= 11 is 4.37. The fourth-order valence-corrected chi connectivity index (χ4v) is 2.55. The van der Waals surface area contributed by atoms with Gasteiger partial charge in [0.05, 0.1) is 6.10 Å². The third kappa shape index (κ3) is 3.97. The molecule has 90 valence electrons. The minimum Gasteiger partial charge on any atom is -0.391 e. The number of thiol groups is 1. The lowest BCUT2D eigenvalue weighted by Crippen LogP contribution is -2.47. The molecular formula is C12H25NOS. The molecule has 2 nitrogen and oxygen atoms in total. The van der Waals surface area contributed by atoms with Gasteiger partial charge in [-0.1, -0.05) is 26.7 Å². The van der Waals surface area contributed by atoms with Crippen molar-refractivity contribution >= 4 is 12.6 Å². The quantitative estimate of drug-likeness (QED) is 0.725. The monoisotopic (exact) mass is 231 g/mol. The third-order valence-electron chi connectivity index (χ3n) is 3.37. The predicted molar refractivity (Wildman–Crippen MR) is 68.5 cm³/mol. The van der Waals surface area contributed by atoms with Gasteiger partial charge in [-0.25, -0.2) is 0 Å². The molecule has 1 saturated carbocycles. The summed E-state index contributed by atoms with van der Waals surface area (Å²) in [6.45, 7) is 5.47. The minimum atomic E-state index is -0.125. The van der Waals surface area contributed by atoms with E-state index in [2.05, 4.69) is 38.4 Å². The first-order valence-electron chi connectivity index (χ1n) is 5.95. The lowest BCUT2D eigenvalue weighted by atomic mass is 9.89. The van der Waals surface area contributed by atoms with Crippen LogP contribution in [0, 0.1) is 5.41 Å². The van der Waals surface area contributed by atoms with E-state index in [-0.39, 0.29) is 11.5 Å². The molecule has 3 heteroatoms. The van der Waals surface area contributed by atoms with E-state index in [1.54, 1.807) is 0 Å². The SMILES string of the molecule is CN(CC(C)(C)CS)C1CCCCC1O. The largest absolute Gasteiger partial charge is 0.391 e. The number of aliphatic hydroxyl groups excluding tert-OH is 1. The molecule has 0 aromatic carbocycles. The van der Waals surface area contributed by atoms with Gasteiger partial charge in [-0.05, 0) is 31.1 Å². The van der Waals surface area contributed by atoms with Crippen molar-refractivity contribution in [2.24, 2.45) is 5.41 Å². The Balaban J connectivity index is 2.48. The second-order valence-corrected chi connectivity index (χ2v) is 5.97. The molecule has 0 bridgehead atoms. The van der Waals surface area contributed by atoms with E-state index in [9.17, 15) is 5.11 Å². The number of rotatable bonds is 4. The highest BCUT2D eigenvalue weighted by Crippen LogP contribution is 2.26. The lowest BCUT2D eigenvalue weighted by Gasteiger charge is -2.39. The summed E-state index contributed by atoms with van der Waals surface area (Å²) < 4.78 is 0. The van der Waals surface area contributed by atoms with Crippen molar-refractivity contribution in [3.8, 4) is 0 Å². The van der Waals surface area contributed by atoms with Crippen molar-refractivity contribution in [3.05, 3.63) is 0 Å². The van der Waals surface area contributed by atoms with Crippen LogP contribution in [0.3, 0.4) is 0 Å². The highest BCUT2D eigenvalue weighted by Gasteiger charge is 2.29. The summed E-state index contributed by atoms with van der Waals surface area (Å²) in [4.78, 5) is 2.32. The number of hydrogen-bond acceptors (Lipinski definition) is 3. The van der Waals surface area contributed by atoms with Crippen LogP contribution in [0.5, 0.6) is 0 Å². The first-order chi connectivity index (χ1) is 6.96. The molecule has 2 atom stereocenters. The van der Waals surface area contributed by atoms with Crippen LogP contribution in [-0.4, -0.2) is 41.5 Å². The molecule has 0 saturated heterocycles. The van der Waals surface area contributed by atoms with Gasteiger partial charge in [0.1, 0.15) is 0 Å². The van der Waals surface area contributed by atoms with Gasteiger partial charge in [-0.2, -0.15) is 12.6 Å². The van der Waals surface area contributed by atoms with Gasteiger partial charge in [-0.15, -0.1) is 0 Å². The van der Waals surface area contributed by atoms with Crippen LogP contribution in [0.1, 0.15) is 39.5 Å². The standard InChI is InChI=1S/C12H25NOS/c1-12(2,9-15)8-13(3)10-6-4-5-7-11(10)14/h10-11,14-15H,4-9H2,1-3H3. The van der Waals surface area contributed by atoms with Gasteiger partial charge >= 0.3 is 0 Å². The normalized spacial score (nSPS) is 28.4. The van der Waals surface area contributed by atoms with Crippen LogP contribution in [0.15, 0.2) is 0 Å². The molecule has 1 fully saturated rings. The zero-order chi connectivity index (χ0) is 11.5. The Labute approximate surface area is 99.5 Å². The number of likely N-dealkylation sites (N-methyl/N-ethyl adjacent to an activating group) is 1. The van der Waals surface area contributed by atoms with Gasteiger partial charge in [0, 0.05) is 12.6 Å². The molecule has 0 aliphatic heterocycles. The van der Waals surface area contributed by atoms with Gasteiger partial charge in [0.25, 0.3) is 0 Å². The van der Waals surface area contributed by atoms with Crippen molar-refractivity contribution in [2.75, 3.05) is 19.3 Å². The van der Waals surface area contributed by atoms with E-state index in [1.165, 1.54) is 12.8 Å². The highest BCUT2D eigenvalue weighted by atomic mass is 32.1. The molecule has 0 amide bonds. The molecule has 0 aromatic heterocycles. The number of hydrogen-bond donors (Lipinski definition) is 2. The molecule has 15 heavy (non-hydrogen) atoms. The fraction of sp³-hybridized carbons (Fsp3) is 1.00. The van der Waals surface area contributed by atoms with Gasteiger partial charge in [0.15, 0.2) is 0 Å². The molecule has 0 radical (unpaired) electrons. The van der Waals surface area contributed by atoms with Crippen molar-refractivity contribution < 1.29 is 5.11 Å². The second kappa shape index (κ2) is 5.55. The zero-order valence-corrected chi connectivity index (χ0v) is 11.1. The fourth-order valence-electron chi connectivity index (χ4n) is 2.45. The van der Waals surface area contributed by atoms with Crippen molar-refractivity contribution in [2.45, 2.75) is 51.7 Å². The lowest BCUT2D eigenvalue weighted by molar-refractivity contribution is 0.0198. The van der Waals surface area contributed by atoms with E-state index in [1.807, 2.05) is 0 Å². The van der Waals surface area contributed by atoms with E-state index >= 15 is 0 Å². The molecule has 1 aliphatic rings. The molecular weight excluding hydrogens is 206 g/mol. The topological polar surface area (TPSA) is 23.5 Å². The minimum absolute atomic E-state index is 0.125. The Bertz CT molecular complexity index is 196. The average Bonchev–Trinajstić information content (AvgIpc) is 2.17. The first kappa shape index (κ1) is 13.3. The van der Waals surface area contributed by atoms with Gasteiger partial charge in [-0.3, -0.25) is 0 Å². The van der Waals surface area contributed by atoms with Crippen LogP contribution in [0.4, 0.5) is 0 Å². The van der Waals surface area contributed by atoms with Crippen molar-refractivity contribution in [3.63, 3.8) is 0 Å². The Morgan fingerprint density at radius 3 is 2.47 bits per heavy atom. The molecule has 1 N–H and O–H groups in total. The summed E-state index contributed by atoms with van der Waals surface area (Å²) in [6.07, 6.45) is 4.42. The summed E-state index contributed by atoms with van der Waals surface area (Å²) in [7, 11) is 2.13. The second-order valence-electron chi connectivity index (χ2n) is 5.66. The summed E-state index contributed by atoms with van der Waals surface area (Å²) in [5, 5.41) is 9.95. The first-order valence-corrected chi connectivity index (χ1v) is 6.59. The molecule has 0 aromatic rings. The Kier molecular flexibility index (Phi) is 4.94.